The van der Waals surface area contributed by atoms with Gasteiger partial charge >= 0.3 is 0 Å². The van der Waals surface area contributed by atoms with E-state index in [4.69, 9.17) is 9.47 Å². The van der Waals surface area contributed by atoms with E-state index in [-0.39, 0.29) is 30.1 Å². The van der Waals surface area contributed by atoms with Crippen LogP contribution >= 0.6 is 0 Å². The molecule has 1 aliphatic heterocycles. The zero-order valence-corrected chi connectivity index (χ0v) is 18.9. The number of ether oxygens (including phenoxy) is 2. The van der Waals surface area contributed by atoms with Gasteiger partial charge in [-0.15, -0.1) is 0 Å². The number of benzene rings is 2. The maximum Gasteiger partial charge on any atom is 0.133 e. The molecule has 4 rings (SSSR count). The molecule has 4 heteroatoms. The van der Waals surface area contributed by atoms with Crippen LogP contribution in [0.3, 0.4) is 0 Å². The van der Waals surface area contributed by atoms with E-state index < -0.39 is 0 Å². The molecule has 0 aromatic heterocycles. The van der Waals surface area contributed by atoms with Gasteiger partial charge in [0.1, 0.15) is 22.9 Å². The Balaban J connectivity index is 1.49. The number of rotatable bonds is 7. The predicted molar refractivity (Wildman–Crippen MR) is 122 cm³/mol. The van der Waals surface area contributed by atoms with Gasteiger partial charge in [-0.05, 0) is 63.6 Å². The Hall–Kier alpha value is -2.33. The molecule has 1 N–H and O–H groups in total. The number of aliphatic hydroxyl groups is 1. The molecule has 1 saturated carbocycles. The summed E-state index contributed by atoms with van der Waals surface area (Å²) in [4.78, 5) is 12.2. The van der Waals surface area contributed by atoms with Crippen molar-refractivity contribution in [1.29, 1.82) is 0 Å². The molecule has 0 saturated heterocycles. The highest BCUT2D eigenvalue weighted by atomic mass is 16.5. The van der Waals surface area contributed by atoms with Crippen molar-refractivity contribution >= 4 is 5.78 Å². The third kappa shape index (κ3) is 4.79. The van der Waals surface area contributed by atoms with Crippen LogP contribution in [0.25, 0.3) is 0 Å². The van der Waals surface area contributed by atoms with Gasteiger partial charge in [0, 0.05) is 36.3 Å². The van der Waals surface area contributed by atoms with Crippen LogP contribution in [0.1, 0.15) is 75.5 Å². The molecule has 0 radical (unpaired) electrons. The molecule has 2 aliphatic rings. The number of carbonyl (C=O) groups is 1. The molecule has 2 aromatic carbocycles. The molecule has 0 bridgehead atoms. The van der Waals surface area contributed by atoms with E-state index in [9.17, 15) is 9.90 Å². The van der Waals surface area contributed by atoms with Crippen molar-refractivity contribution in [3.8, 4) is 11.5 Å². The average Bonchev–Trinajstić information content (AvgIpc) is 2.73. The number of aryl methyl sites for hydroxylation is 1. The first-order chi connectivity index (χ1) is 14.9. The lowest BCUT2D eigenvalue weighted by Gasteiger charge is -2.47. The minimum atomic E-state index is -0.342. The van der Waals surface area contributed by atoms with Crippen molar-refractivity contribution in [3.05, 3.63) is 59.2 Å². The molecule has 3 atom stereocenters. The number of carbonyl (C=O) groups excluding carboxylic acids is 1. The summed E-state index contributed by atoms with van der Waals surface area (Å²) >= 11 is 0. The van der Waals surface area contributed by atoms with Crippen LogP contribution in [0.2, 0.25) is 0 Å². The Morgan fingerprint density at radius 1 is 1.23 bits per heavy atom. The van der Waals surface area contributed by atoms with Gasteiger partial charge in [-0.25, -0.2) is 0 Å². The summed E-state index contributed by atoms with van der Waals surface area (Å²) in [7, 11) is 0. The van der Waals surface area contributed by atoms with Crippen LogP contribution in [-0.4, -0.2) is 22.6 Å². The van der Waals surface area contributed by atoms with Gasteiger partial charge in [-0.2, -0.15) is 0 Å². The molecule has 1 heterocycles. The number of ketones is 1. The van der Waals surface area contributed by atoms with Gasteiger partial charge in [0.05, 0.1) is 12.7 Å². The SMILES string of the molecule is CC(CCCc1ccccc1)Oc1cc(CO)c2c(c1)OC(C)(C)[C@@H]1CCC(=O)C[C@H]21. The molecule has 0 amide bonds. The Morgan fingerprint density at radius 3 is 2.74 bits per heavy atom. The Morgan fingerprint density at radius 2 is 2.00 bits per heavy atom. The fourth-order valence-electron chi connectivity index (χ4n) is 5.39. The van der Waals surface area contributed by atoms with Gasteiger partial charge in [-0.3, -0.25) is 4.79 Å². The summed E-state index contributed by atoms with van der Waals surface area (Å²) in [5.41, 5.74) is 2.83. The van der Waals surface area contributed by atoms with Crippen LogP contribution < -0.4 is 9.47 Å². The van der Waals surface area contributed by atoms with E-state index >= 15 is 0 Å². The summed E-state index contributed by atoms with van der Waals surface area (Å²) in [6.07, 6.45) is 5.11. The van der Waals surface area contributed by atoms with Crippen LogP contribution in [0, 0.1) is 5.92 Å². The number of hydrogen-bond donors (Lipinski definition) is 1. The van der Waals surface area contributed by atoms with Crippen LogP contribution in [0.4, 0.5) is 0 Å². The third-order valence-electron chi connectivity index (χ3n) is 6.93. The van der Waals surface area contributed by atoms with Crippen LogP contribution in [-0.2, 0) is 17.8 Å². The van der Waals surface area contributed by atoms with Gasteiger partial charge in [0.15, 0.2) is 0 Å². The Kier molecular flexibility index (Phi) is 6.38. The van der Waals surface area contributed by atoms with Crippen molar-refractivity contribution in [1.82, 2.24) is 0 Å². The molecule has 166 valence electrons. The van der Waals surface area contributed by atoms with E-state index in [0.29, 0.717) is 18.6 Å². The molecule has 31 heavy (non-hydrogen) atoms. The first kappa shape index (κ1) is 21.9. The molecule has 1 fully saturated rings. The van der Waals surface area contributed by atoms with E-state index in [1.807, 2.05) is 18.2 Å². The summed E-state index contributed by atoms with van der Waals surface area (Å²) in [6, 6.07) is 14.4. The van der Waals surface area contributed by atoms with Crippen LogP contribution in [0.5, 0.6) is 11.5 Å². The number of fused-ring (bicyclic) bond motifs is 3. The smallest absolute Gasteiger partial charge is 0.133 e. The zero-order chi connectivity index (χ0) is 22.0. The fourth-order valence-corrected chi connectivity index (χ4v) is 5.39. The quantitative estimate of drug-likeness (QED) is 0.632. The summed E-state index contributed by atoms with van der Waals surface area (Å²) < 4.78 is 12.7. The van der Waals surface area contributed by atoms with E-state index in [1.54, 1.807) is 0 Å². The molecular formula is C27H34O4. The monoisotopic (exact) mass is 422 g/mol. The molecule has 0 spiro atoms. The maximum absolute atomic E-state index is 12.2. The van der Waals surface area contributed by atoms with Gasteiger partial charge in [-0.1, -0.05) is 30.3 Å². The van der Waals surface area contributed by atoms with Crippen molar-refractivity contribution in [2.75, 3.05) is 0 Å². The average molecular weight is 423 g/mol. The summed E-state index contributed by atoms with van der Waals surface area (Å²) in [6.45, 7) is 6.23. The van der Waals surface area contributed by atoms with E-state index in [0.717, 1.165) is 48.3 Å². The Bertz CT molecular complexity index is 918. The molecule has 2 aromatic rings. The molecule has 1 aliphatic carbocycles. The largest absolute Gasteiger partial charge is 0.491 e. The highest BCUT2D eigenvalue weighted by molar-refractivity contribution is 5.81. The first-order valence-corrected chi connectivity index (χ1v) is 11.6. The molecule has 4 nitrogen and oxygen atoms in total. The summed E-state index contributed by atoms with van der Waals surface area (Å²) in [5, 5.41) is 10.1. The number of hydrogen-bond acceptors (Lipinski definition) is 4. The van der Waals surface area contributed by atoms with Gasteiger partial charge in [0.2, 0.25) is 0 Å². The number of Topliss-reactive ketones (excluding diaryl/α,β-unsaturated/α-hetero) is 1. The van der Waals surface area contributed by atoms with E-state index in [1.165, 1.54) is 5.56 Å². The lowest BCUT2D eigenvalue weighted by atomic mass is 9.65. The highest BCUT2D eigenvalue weighted by Crippen LogP contribution is 2.52. The number of aliphatic hydroxyl groups excluding tert-OH is 1. The second-order valence-electron chi connectivity index (χ2n) is 9.66. The highest BCUT2D eigenvalue weighted by Gasteiger charge is 2.47. The second-order valence-corrected chi connectivity index (χ2v) is 9.66. The second kappa shape index (κ2) is 9.04. The fraction of sp³-hybridized carbons (Fsp3) is 0.519. The lowest BCUT2D eigenvalue weighted by Crippen LogP contribution is -2.47. The minimum absolute atomic E-state index is 0.0638. The van der Waals surface area contributed by atoms with Crippen molar-refractivity contribution in [2.45, 2.75) is 83.5 Å². The van der Waals surface area contributed by atoms with Crippen molar-refractivity contribution in [3.63, 3.8) is 0 Å². The van der Waals surface area contributed by atoms with Gasteiger partial charge in [0.25, 0.3) is 0 Å². The van der Waals surface area contributed by atoms with Crippen LogP contribution in [0.15, 0.2) is 42.5 Å². The lowest BCUT2D eigenvalue weighted by molar-refractivity contribution is -0.124. The van der Waals surface area contributed by atoms with Crippen molar-refractivity contribution in [2.24, 2.45) is 5.92 Å². The van der Waals surface area contributed by atoms with Gasteiger partial charge < -0.3 is 14.6 Å². The van der Waals surface area contributed by atoms with Crippen molar-refractivity contribution < 1.29 is 19.4 Å². The molecule has 1 unspecified atom stereocenters. The van der Waals surface area contributed by atoms with E-state index in [2.05, 4.69) is 45.0 Å². The Labute approximate surface area is 185 Å². The maximum atomic E-state index is 12.2. The third-order valence-corrected chi connectivity index (χ3v) is 6.93. The molecular weight excluding hydrogens is 388 g/mol. The zero-order valence-electron chi connectivity index (χ0n) is 18.9. The topological polar surface area (TPSA) is 55.8 Å². The minimum Gasteiger partial charge on any atom is -0.491 e. The summed E-state index contributed by atoms with van der Waals surface area (Å²) in [5.74, 6) is 2.19. The first-order valence-electron chi connectivity index (χ1n) is 11.6. The standard InChI is InChI=1S/C27H34O4/c1-18(8-7-11-19-9-5-4-6-10-19)30-22-14-20(17-28)26-23-15-21(29)12-13-24(23)27(2,3)31-25(26)16-22/h4-6,9-10,14,16,18,23-24,28H,7-8,11-13,15,17H2,1-3H3/t18?,23-,24+/m0/s1. The predicted octanol–water partition coefficient (Wildman–Crippen LogP) is 5.59. The normalized spacial score (nSPS) is 22.8.